The molecule has 0 amide bonds. The molecule has 2 unspecified atom stereocenters. The molecule has 3 nitrogen and oxygen atoms in total. The van der Waals surface area contributed by atoms with E-state index in [-0.39, 0.29) is 23.1 Å². The van der Waals surface area contributed by atoms with E-state index in [2.05, 4.69) is 228 Å². The van der Waals surface area contributed by atoms with E-state index < -0.39 is 0 Å². The highest BCUT2D eigenvalue weighted by Crippen LogP contribution is 2.69. The first-order chi connectivity index (χ1) is 33.4. The highest BCUT2D eigenvalue weighted by molar-refractivity contribution is 6.94. The van der Waals surface area contributed by atoms with Crippen LogP contribution in [0.15, 0.2) is 174 Å². The molecule has 0 saturated heterocycles. The molecule has 9 aromatic rings. The molecule has 1 fully saturated rings. The number of furan rings is 1. The van der Waals surface area contributed by atoms with Gasteiger partial charge in [0.05, 0.1) is 5.69 Å². The molecule has 3 heterocycles. The third-order valence-corrected chi connectivity index (χ3v) is 17.3. The van der Waals surface area contributed by atoms with E-state index in [1.165, 1.54) is 109 Å². The first-order valence-electron chi connectivity index (χ1n) is 25.6. The molecule has 2 aliphatic carbocycles. The summed E-state index contributed by atoms with van der Waals surface area (Å²) in [4.78, 5) is 5.32. The topological polar surface area (TPSA) is 19.6 Å². The number of para-hydroxylation sites is 2. The van der Waals surface area contributed by atoms with Gasteiger partial charge in [0, 0.05) is 50.2 Å². The second-order valence-electron chi connectivity index (χ2n) is 22.7. The minimum Gasteiger partial charge on any atom is -0.455 e. The van der Waals surface area contributed by atoms with Gasteiger partial charge in [0.15, 0.2) is 0 Å². The second-order valence-corrected chi connectivity index (χ2v) is 22.7. The summed E-state index contributed by atoms with van der Waals surface area (Å²) in [5.74, 6) is 0.929. The van der Waals surface area contributed by atoms with Gasteiger partial charge in [-0.25, -0.2) is 0 Å². The average molecular weight is 897 g/mol. The summed E-state index contributed by atoms with van der Waals surface area (Å²) in [5.41, 5.74) is 22.7. The van der Waals surface area contributed by atoms with Crippen LogP contribution >= 0.6 is 0 Å². The second kappa shape index (κ2) is 15.4. The van der Waals surface area contributed by atoms with Gasteiger partial charge >= 0.3 is 6.85 Å². The number of anilines is 5. The van der Waals surface area contributed by atoms with Crippen molar-refractivity contribution < 1.29 is 4.42 Å². The summed E-state index contributed by atoms with van der Waals surface area (Å²) >= 11 is 0. The molecule has 0 N–H and O–H groups in total. The van der Waals surface area contributed by atoms with Crippen molar-refractivity contribution in [2.24, 2.45) is 16.7 Å². The zero-order valence-electron chi connectivity index (χ0n) is 41.2. The van der Waals surface area contributed by atoms with Gasteiger partial charge in [-0.1, -0.05) is 170 Å². The molecule has 0 bridgehead atoms. The van der Waals surface area contributed by atoms with Crippen molar-refractivity contribution in [3.05, 3.63) is 187 Å². The van der Waals surface area contributed by atoms with Crippen molar-refractivity contribution in [3.8, 4) is 33.4 Å². The molecule has 8 aromatic carbocycles. The van der Waals surface area contributed by atoms with Gasteiger partial charge in [-0.3, -0.25) is 0 Å². The number of nitrogens with zero attached hydrogens (tertiary/aromatic N) is 2. The van der Waals surface area contributed by atoms with Crippen molar-refractivity contribution in [2.45, 2.75) is 91.9 Å². The number of rotatable bonds is 7. The van der Waals surface area contributed by atoms with E-state index in [0.717, 1.165) is 34.8 Å². The minimum absolute atomic E-state index is 0.0335. The van der Waals surface area contributed by atoms with Crippen molar-refractivity contribution in [1.82, 2.24) is 0 Å². The predicted molar refractivity (Wildman–Crippen MR) is 293 cm³/mol. The van der Waals surface area contributed by atoms with Crippen LogP contribution in [0.5, 0.6) is 0 Å². The van der Waals surface area contributed by atoms with Crippen LogP contribution in [-0.2, 0) is 11.8 Å². The summed E-state index contributed by atoms with van der Waals surface area (Å²) in [5, 5.41) is 2.31. The van der Waals surface area contributed by atoms with E-state index in [1.807, 2.05) is 0 Å². The Balaban J connectivity index is 1.16. The molecule has 1 aromatic heterocycles. The Bertz CT molecular complexity index is 3490. The van der Waals surface area contributed by atoms with E-state index in [9.17, 15) is 0 Å². The predicted octanol–water partition coefficient (Wildman–Crippen LogP) is 16.8. The van der Waals surface area contributed by atoms with Crippen LogP contribution < -0.4 is 20.6 Å². The number of fused-ring (bicyclic) bond motifs is 11. The summed E-state index contributed by atoms with van der Waals surface area (Å²) in [7, 11) is 0. The Hall–Kier alpha value is -6.78. The molecule has 340 valence electrons. The van der Waals surface area contributed by atoms with Gasteiger partial charge in [-0.2, -0.15) is 0 Å². The molecule has 0 radical (unpaired) electrons. The van der Waals surface area contributed by atoms with E-state index in [0.29, 0.717) is 11.8 Å². The van der Waals surface area contributed by atoms with Gasteiger partial charge in [-0.15, -0.1) is 0 Å². The van der Waals surface area contributed by atoms with Crippen LogP contribution in [0.2, 0.25) is 0 Å². The van der Waals surface area contributed by atoms with Crippen molar-refractivity contribution in [1.29, 1.82) is 0 Å². The Kier molecular flexibility index (Phi) is 9.43. The fourth-order valence-electron chi connectivity index (χ4n) is 14.2. The summed E-state index contributed by atoms with van der Waals surface area (Å²) < 4.78 is 7.26. The van der Waals surface area contributed by atoms with Gasteiger partial charge < -0.3 is 14.1 Å². The van der Waals surface area contributed by atoms with Gasteiger partial charge in [-0.05, 0) is 153 Å². The number of unbranched alkanes of at least 4 members (excludes halogenated alkanes) is 1. The quantitative estimate of drug-likeness (QED) is 0.149. The first-order valence-corrected chi connectivity index (χ1v) is 25.6. The van der Waals surface area contributed by atoms with Crippen LogP contribution in [-0.4, -0.2) is 6.85 Å². The number of benzene rings is 8. The summed E-state index contributed by atoms with van der Waals surface area (Å²) in [6, 6.07) is 64.3. The van der Waals surface area contributed by atoms with Gasteiger partial charge in [0.2, 0.25) is 0 Å². The standard InChI is InChI=1S/C65H61BN2O/c1-8-9-20-41-29-34-53(47(37-41)44-23-14-11-15-24-44)67-54-27-18-17-26-52(54)66-60-56(67)39-48-46-25-16-19-28-57(46)69-61(48)58(60)50-38-49-51(65(6,7)62-59(49)63(2,3)35-36-64(62,4)5)40-55(50)68(66)45-32-30-43(31-33-45)42-21-12-10-13-22-42/h10-19,21-34,37-40,59,62H,8-9,20,35-36H2,1-7H3. The third-order valence-electron chi connectivity index (χ3n) is 17.3. The van der Waals surface area contributed by atoms with Crippen LogP contribution in [0.25, 0.3) is 55.3 Å². The van der Waals surface area contributed by atoms with Crippen LogP contribution in [0.3, 0.4) is 0 Å². The molecule has 4 heteroatoms. The minimum atomic E-state index is -0.142. The smallest absolute Gasteiger partial charge is 0.333 e. The summed E-state index contributed by atoms with van der Waals surface area (Å²) in [6.45, 7) is 17.5. The Morgan fingerprint density at radius 2 is 1.26 bits per heavy atom. The fraction of sp³-hybridized carbons (Fsp3) is 0.262. The highest BCUT2D eigenvalue weighted by atomic mass is 16.3. The third kappa shape index (κ3) is 6.26. The van der Waals surface area contributed by atoms with Crippen molar-refractivity contribution >= 4 is 68.1 Å². The lowest BCUT2D eigenvalue weighted by molar-refractivity contribution is -0.000566. The zero-order chi connectivity index (χ0) is 47.0. The number of aryl methyl sites for hydroxylation is 1. The lowest BCUT2D eigenvalue weighted by Crippen LogP contribution is -2.61. The maximum absolute atomic E-state index is 7.26. The van der Waals surface area contributed by atoms with Crippen molar-refractivity contribution in [3.63, 3.8) is 0 Å². The Labute approximate surface area is 408 Å². The monoisotopic (exact) mass is 896 g/mol. The molecule has 0 spiro atoms. The molecule has 4 aliphatic rings. The van der Waals surface area contributed by atoms with E-state index in [1.54, 1.807) is 0 Å². The Morgan fingerprint density at radius 3 is 2.03 bits per heavy atom. The largest absolute Gasteiger partial charge is 0.455 e. The molecular formula is C65H61BN2O. The summed E-state index contributed by atoms with van der Waals surface area (Å²) in [6.07, 6.45) is 5.85. The van der Waals surface area contributed by atoms with Crippen LogP contribution in [0.1, 0.15) is 96.8 Å². The maximum Gasteiger partial charge on any atom is 0.333 e. The van der Waals surface area contributed by atoms with Gasteiger partial charge in [0.25, 0.3) is 0 Å². The average Bonchev–Trinajstić information content (AvgIpc) is 3.87. The normalized spacial score (nSPS) is 19.0. The van der Waals surface area contributed by atoms with Crippen LogP contribution in [0.4, 0.5) is 28.4 Å². The lowest BCUT2D eigenvalue weighted by atomic mass is 9.43. The molecule has 69 heavy (non-hydrogen) atoms. The SMILES string of the molecule is CCCCc1ccc(N2c3ccccc3B3c4c2cc2c(oc5ccccc52)c4-c2cc4c(cc2N3c2ccc(-c3ccccc3)cc2)C(C)(C)C2C4C(C)(C)CCC2(C)C)c(-c2ccccc2)c1. The van der Waals surface area contributed by atoms with Gasteiger partial charge in [0.1, 0.15) is 11.2 Å². The van der Waals surface area contributed by atoms with E-state index >= 15 is 0 Å². The van der Waals surface area contributed by atoms with Crippen LogP contribution in [0, 0.1) is 16.7 Å². The molecule has 2 aliphatic heterocycles. The zero-order valence-corrected chi connectivity index (χ0v) is 41.2. The maximum atomic E-state index is 7.26. The molecule has 2 atom stereocenters. The highest BCUT2D eigenvalue weighted by Gasteiger charge is 2.60. The first kappa shape index (κ1) is 42.3. The number of hydrogen-bond acceptors (Lipinski definition) is 3. The fourth-order valence-corrected chi connectivity index (χ4v) is 14.2. The molecule has 1 saturated carbocycles. The van der Waals surface area contributed by atoms with E-state index in [4.69, 9.17) is 4.42 Å². The molecule has 13 rings (SSSR count). The lowest BCUT2D eigenvalue weighted by Gasteiger charge is -2.53. The Morgan fingerprint density at radius 1 is 0.580 bits per heavy atom. The number of hydrogen-bond donors (Lipinski definition) is 0. The van der Waals surface area contributed by atoms with Crippen molar-refractivity contribution in [2.75, 3.05) is 9.71 Å². The molecular weight excluding hydrogens is 836 g/mol.